The van der Waals surface area contributed by atoms with Crippen molar-refractivity contribution in [2.24, 2.45) is 0 Å². The maximum atomic E-state index is 12.8. The first-order valence-electron chi connectivity index (χ1n) is 7.81. The SMILES string of the molecule is O=S(=O)(Cc1ccc(F)cc1)NCCNc1ccc(-n2cccn2)nn1. The second kappa shape index (κ2) is 8.02. The molecular weight excluding hydrogens is 359 g/mol. The highest BCUT2D eigenvalue weighted by Gasteiger charge is 2.11. The number of aromatic nitrogens is 4. The zero-order valence-electron chi connectivity index (χ0n) is 13.7. The Kier molecular flexibility index (Phi) is 5.54. The molecule has 0 fully saturated rings. The van der Waals surface area contributed by atoms with Crippen molar-refractivity contribution in [1.29, 1.82) is 0 Å². The van der Waals surface area contributed by atoms with Crippen LogP contribution in [0.3, 0.4) is 0 Å². The second-order valence-electron chi connectivity index (χ2n) is 5.43. The minimum atomic E-state index is -3.50. The molecule has 8 nitrogen and oxygen atoms in total. The summed E-state index contributed by atoms with van der Waals surface area (Å²) in [5, 5.41) is 15.1. The van der Waals surface area contributed by atoms with Gasteiger partial charge in [-0.2, -0.15) is 5.10 Å². The monoisotopic (exact) mass is 376 g/mol. The van der Waals surface area contributed by atoms with E-state index in [1.165, 1.54) is 24.3 Å². The maximum Gasteiger partial charge on any atom is 0.215 e. The number of halogens is 1. The summed E-state index contributed by atoms with van der Waals surface area (Å²) in [6.07, 6.45) is 3.40. The smallest absolute Gasteiger partial charge is 0.215 e. The number of benzene rings is 1. The van der Waals surface area contributed by atoms with Crippen LogP contribution in [0.1, 0.15) is 5.56 Å². The van der Waals surface area contributed by atoms with Crippen molar-refractivity contribution in [3.8, 4) is 5.82 Å². The van der Waals surface area contributed by atoms with Crippen LogP contribution in [0.5, 0.6) is 0 Å². The molecule has 0 atom stereocenters. The van der Waals surface area contributed by atoms with Crippen LogP contribution in [-0.4, -0.2) is 41.5 Å². The Balaban J connectivity index is 1.45. The van der Waals surface area contributed by atoms with E-state index in [1.807, 2.05) is 0 Å². The molecule has 0 aliphatic heterocycles. The highest BCUT2D eigenvalue weighted by Crippen LogP contribution is 2.07. The van der Waals surface area contributed by atoms with Gasteiger partial charge in [0.05, 0.1) is 5.75 Å². The molecule has 0 radical (unpaired) electrons. The topological polar surface area (TPSA) is 102 Å². The van der Waals surface area contributed by atoms with Crippen molar-refractivity contribution < 1.29 is 12.8 Å². The van der Waals surface area contributed by atoms with Gasteiger partial charge in [0.1, 0.15) is 11.6 Å². The fourth-order valence-corrected chi connectivity index (χ4v) is 3.34. The van der Waals surface area contributed by atoms with Crippen molar-refractivity contribution in [2.45, 2.75) is 5.75 Å². The Morgan fingerprint density at radius 1 is 1.04 bits per heavy atom. The summed E-state index contributed by atoms with van der Waals surface area (Å²) in [6, 6.07) is 10.6. The number of rotatable bonds is 8. The fraction of sp³-hybridized carbons (Fsp3) is 0.188. The lowest BCUT2D eigenvalue weighted by molar-refractivity contribution is 0.581. The number of anilines is 1. The maximum absolute atomic E-state index is 12.8. The Bertz CT molecular complexity index is 928. The van der Waals surface area contributed by atoms with E-state index >= 15 is 0 Å². The number of hydrogen-bond donors (Lipinski definition) is 2. The molecule has 136 valence electrons. The number of sulfonamides is 1. The molecule has 2 N–H and O–H groups in total. The van der Waals surface area contributed by atoms with E-state index in [1.54, 1.807) is 35.3 Å². The van der Waals surface area contributed by atoms with Crippen LogP contribution in [0.25, 0.3) is 5.82 Å². The van der Waals surface area contributed by atoms with E-state index in [4.69, 9.17) is 0 Å². The van der Waals surface area contributed by atoms with Gasteiger partial charge < -0.3 is 5.32 Å². The molecule has 0 aliphatic rings. The van der Waals surface area contributed by atoms with Gasteiger partial charge in [0, 0.05) is 25.5 Å². The first-order chi connectivity index (χ1) is 12.5. The molecule has 0 saturated carbocycles. The molecule has 3 aromatic rings. The summed E-state index contributed by atoms with van der Waals surface area (Å²) in [7, 11) is -3.50. The molecule has 1 aromatic carbocycles. The summed E-state index contributed by atoms with van der Waals surface area (Å²) in [5.74, 6) is 0.508. The van der Waals surface area contributed by atoms with Gasteiger partial charge in [0.15, 0.2) is 5.82 Å². The van der Waals surface area contributed by atoms with Crippen molar-refractivity contribution >= 4 is 15.8 Å². The zero-order valence-corrected chi connectivity index (χ0v) is 14.5. The largest absolute Gasteiger partial charge is 0.367 e. The van der Waals surface area contributed by atoms with Gasteiger partial charge in [0.25, 0.3) is 0 Å². The van der Waals surface area contributed by atoms with Gasteiger partial charge in [-0.3, -0.25) is 0 Å². The van der Waals surface area contributed by atoms with Gasteiger partial charge in [-0.05, 0) is 35.9 Å². The molecule has 0 saturated heterocycles. The van der Waals surface area contributed by atoms with Crippen LogP contribution in [0, 0.1) is 5.82 Å². The van der Waals surface area contributed by atoms with Gasteiger partial charge in [-0.25, -0.2) is 22.2 Å². The molecule has 0 unspecified atom stereocenters. The quantitative estimate of drug-likeness (QED) is 0.575. The van der Waals surface area contributed by atoms with Gasteiger partial charge in [-0.15, -0.1) is 10.2 Å². The van der Waals surface area contributed by atoms with Gasteiger partial charge in [-0.1, -0.05) is 12.1 Å². The lowest BCUT2D eigenvalue weighted by Crippen LogP contribution is -2.30. The first-order valence-corrected chi connectivity index (χ1v) is 9.46. The summed E-state index contributed by atoms with van der Waals surface area (Å²) < 4.78 is 40.9. The van der Waals surface area contributed by atoms with Crippen LogP contribution in [0.4, 0.5) is 10.2 Å². The summed E-state index contributed by atoms with van der Waals surface area (Å²) in [5.41, 5.74) is 0.520. The molecule has 2 heterocycles. The molecule has 10 heteroatoms. The van der Waals surface area contributed by atoms with Crippen LogP contribution < -0.4 is 10.0 Å². The molecule has 3 rings (SSSR count). The lowest BCUT2D eigenvalue weighted by Gasteiger charge is -2.08. The third-order valence-corrected chi connectivity index (χ3v) is 4.77. The van der Waals surface area contributed by atoms with E-state index in [2.05, 4.69) is 25.3 Å². The minimum Gasteiger partial charge on any atom is -0.367 e. The Labute approximate surface area is 150 Å². The van der Waals surface area contributed by atoms with Crippen molar-refractivity contribution in [2.75, 3.05) is 18.4 Å². The standard InChI is InChI=1S/C16H17FN6O2S/c17-14-4-2-13(3-5-14)12-26(24,25)20-10-9-18-15-6-7-16(22-21-15)23-11-1-8-19-23/h1-8,11,20H,9-10,12H2,(H,18,21). The summed E-state index contributed by atoms with van der Waals surface area (Å²) in [6.45, 7) is 0.532. The molecular formula is C16H17FN6O2S. The van der Waals surface area contributed by atoms with E-state index in [0.717, 1.165) is 0 Å². The van der Waals surface area contributed by atoms with Crippen LogP contribution in [-0.2, 0) is 15.8 Å². The van der Waals surface area contributed by atoms with Crippen molar-refractivity contribution in [3.05, 3.63) is 66.2 Å². The third kappa shape index (κ3) is 5.07. The number of nitrogens with one attached hydrogen (secondary N) is 2. The normalized spacial score (nSPS) is 11.4. The number of nitrogens with zero attached hydrogens (tertiary/aromatic N) is 4. The summed E-state index contributed by atoms with van der Waals surface area (Å²) in [4.78, 5) is 0. The van der Waals surface area contributed by atoms with E-state index in [-0.39, 0.29) is 12.3 Å². The van der Waals surface area contributed by atoms with Crippen molar-refractivity contribution in [1.82, 2.24) is 24.7 Å². The first kappa shape index (κ1) is 18.0. The lowest BCUT2D eigenvalue weighted by atomic mass is 10.2. The molecule has 0 amide bonds. The third-order valence-electron chi connectivity index (χ3n) is 3.41. The Morgan fingerprint density at radius 2 is 1.85 bits per heavy atom. The van der Waals surface area contributed by atoms with E-state index in [0.29, 0.717) is 23.7 Å². The summed E-state index contributed by atoms with van der Waals surface area (Å²) >= 11 is 0. The van der Waals surface area contributed by atoms with Crippen LogP contribution in [0.15, 0.2) is 54.9 Å². The Hall–Kier alpha value is -2.85. The average Bonchev–Trinajstić information content (AvgIpc) is 3.16. The predicted molar refractivity (Wildman–Crippen MR) is 94.7 cm³/mol. The highest BCUT2D eigenvalue weighted by atomic mass is 32.2. The average molecular weight is 376 g/mol. The molecule has 0 bridgehead atoms. The zero-order chi connectivity index (χ0) is 18.4. The number of hydrogen-bond acceptors (Lipinski definition) is 6. The van der Waals surface area contributed by atoms with Crippen molar-refractivity contribution in [3.63, 3.8) is 0 Å². The molecule has 0 spiro atoms. The van der Waals surface area contributed by atoms with Gasteiger partial charge >= 0.3 is 0 Å². The Morgan fingerprint density at radius 3 is 2.50 bits per heavy atom. The molecule has 2 aromatic heterocycles. The van der Waals surface area contributed by atoms with E-state index < -0.39 is 15.8 Å². The van der Waals surface area contributed by atoms with Crippen LogP contribution >= 0.6 is 0 Å². The predicted octanol–water partition coefficient (Wildman–Crippen LogP) is 1.33. The highest BCUT2D eigenvalue weighted by molar-refractivity contribution is 7.88. The second-order valence-corrected chi connectivity index (χ2v) is 7.24. The van der Waals surface area contributed by atoms with E-state index in [9.17, 15) is 12.8 Å². The fourth-order valence-electron chi connectivity index (χ4n) is 2.19. The van der Waals surface area contributed by atoms with Crippen LogP contribution in [0.2, 0.25) is 0 Å². The molecule has 0 aliphatic carbocycles. The molecule has 26 heavy (non-hydrogen) atoms. The minimum absolute atomic E-state index is 0.187. The van der Waals surface area contributed by atoms with Gasteiger partial charge in [0.2, 0.25) is 10.0 Å².